The van der Waals surface area contributed by atoms with Crippen molar-refractivity contribution in [1.29, 1.82) is 0 Å². The molecule has 1 aliphatic carbocycles. The Bertz CT molecular complexity index is 765. The molecule has 4 rings (SSSR count). The number of anilines is 2. The fourth-order valence-electron chi connectivity index (χ4n) is 2.18. The van der Waals surface area contributed by atoms with Crippen molar-refractivity contribution in [3.63, 3.8) is 0 Å². The molecule has 2 aromatic carbocycles. The molecule has 0 atom stereocenters. The van der Waals surface area contributed by atoms with E-state index in [9.17, 15) is 0 Å². The van der Waals surface area contributed by atoms with Crippen molar-refractivity contribution in [3.05, 3.63) is 60.9 Å². The second kappa shape index (κ2) is 5.52. The third kappa shape index (κ3) is 2.93. The molecule has 22 heavy (non-hydrogen) atoms. The number of nitrogens with one attached hydrogen (secondary N) is 1. The second-order valence-corrected chi connectivity index (χ2v) is 5.32. The topological polar surface area (TPSA) is 52.0 Å². The van der Waals surface area contributed by atoms with E-state index in [1.54, 1.807) is 11.0 Å². The van der Waals surface area contributed by atoms with Gasteiger partial charge in [0.1, 0.15) is 12.1 Å². The highest BCUT2D eigenvalue weighted by Gasteiger charge is 2.23. The number of nitrogens with zero attached hydrogens (tertiary/aromatic N) is 3. The molecule has 5 nitrogen and oxygen atoms in total. The maximum atomic E-state index is 5.79. The van der Waals surface area contributed by atoms with E-state index in [1.807, 2.05) is 54.6 Å². The molecule has 1 heterocycles. The first-order valence-electron chi connectivity index (χ1n) is 7.38. The summed E-state index contributed by atoms with van der Waals surface area (Å²) in [5.41, 5.74) is 1.90. The zero-order valence-electron chi connectivity index (χ0n) is 12.0. The summed E-state index contributed by atoms with van der Waals surface area (Å²) < 4.78 is 7.54. The number of hydrogen-bond donors (Lipinski definition) is 1. The minimum atomic E-state index is 0.394. The van der Waals surface area contributed by atoms with E-state index in [1.165, 1.54) is 0 Å². The van der Waals surface area contributed by atoms with Gasteiger partial charge < -0.3 is 10.1 Å². The average Bonchev–Trinajstić information content (AvgIpc) is 3.24. The third-order valence-corrected chi connectivity index (χ3v) is 3.43. The van der Waals surface area contributed by atoms with Gasteiger partial charge >= 0.3 is 0 Å². The molecule has 1 fully saturated rings. The SMILES string of the molecule is c1ccc(-n2cnc(Nc3cccc(OC4CC4)c3)n2)cc1. The highest BCUT2D eigenvalue weighted by atomic mass is 16.5. The zero-order valence-corrected chi connectivity index (χ0v) is 12.0. The van der Waals surface area contributed by atoms with Gasteiger partial charge in [0.25, 0.3) is 0 Å². The van der Waals surface area contributed by atoms with Crippen molar-refractivity contribution in [2.24, 2.45) is 0 Å². The molecule has 110 valence electrons. The third-order valence-electron chi connectivity index (χ3n) is 3.43. The lowest BCUT2D eigenvalue weighted by atomic mass is 10.3. The fourth-order valence-corrected chi connectivity index (χ4v) is 2.18. The van der Waals surface area contributed by atoms with E-state index in [0.717, 1.165) is 30.0 Å². The largest absolute Gasteiger partial charge is 0.490 e. The van der Waals surface area contributed by atoms with Crippen LogP contribution in [0.25, 0.3) is 5.69 Å². The Hall–Kier alpha value is -2.82. The first-order valence-corrected chi connectivity index (χ1v) is 7.38. The lowest BCUT2D eigenvalue weighted by Crippen LogP contribution is -1.98. The number of hydrogen-bond acceptors (Lipinski definition) is 4. The number of benzene rings is 2. The highest BCUT2D eigenvalue weighted by molar-refractivity contribution is 5.55. The van der Waals surface area contributed by atoms with Crippen LogP contribution < -0.4 is 10.1 Å². The predicted molar refractivity (Wildman–Crippen MR) is 84.7 cm³/mol. The standard InChI is InChI=1S/C17H16N4O/c1-2-6-14(7-3-1)21-12-18-17(20-21)19-13-5-4-8-16(11-13)22-15-9-10-15/h1-8,11-12,15H,9-10H2,(H,19,20). The van der Waals surface area contributed by atoms with Crippen molar-refractivity contribution in [1.82, 2.24) is 14.8 Å². The Balaban J connectivity index is 1.50. The molecule has 0 bridgehead atoms. The Morgan fingerprint density at radius 3 is 2.73 bits per heavy atom. The molecule has 0 saturated heterocycles. The van der Waals surface area contributed by atoms with Gasteiger partial charge in [-0.15, -0.1) is 5.10 Å². The van der Waals surface area contributed by atoms with Crippen LogP contribution in [0.2, 0.25) is 0 Å². The molecule has 1 saturated carbocycles. The van der Waals surface area contributed by atoms with Crippen LogP contribution in [0.4, 0.5) is 11.6 Å². The Morgan fingerprint density at radius 2 is 1.91 bits per heavy atom. The van der Waals surface area contributed by atoms with Crippen LogP contribution in [0, 0.1) is 0 Å². The lowest BCUT2D eigenvalue weighted by Gasteiger charge is -2.07. The summed E-state index contributed by atoms with van der Waals surface area (Å²) in [6.45, 7) is 0. The van der Waals surface area contributed by atoms with Gasteiger partial charge in [0.2, 0.25) is 5.95 Å². The van der Waals surface area contributed by atoms with E-state index < -0.39 is 0 Å². The summed E-state index contributed by atoms with van der Waals surface area (Å²) in [5, 5.41) is 7.64. The predicted octanol–water partition coefficient (Wildman–Crippen LogP) is 3.55. The van der Waals surface area contributed by atoms with Crippen molar-refractivity contribution in [2.75, 3.05) is 5.32 Å². The van der Waals surface area contributed by atoms with Crippen LogP contribution in [-0.4, -0.2) is 20.9 Å². The van der Waals surface area contributed by atoms with Gasteiger partial charge in [0.05, 0.1) is 11.8 Å². The van der Waals surface area contributed by atoms with E-state index in [2.05, 4.69) is 15.4 Å². The maximum Gasteiger partial charge on any atom is 0.246 e. The van der Waals surface area contributed by atoms with E-state index in [0.29, 0.717) is 12.1 Å². The van der Waals surface area contributed by atoms with E-state index >= 15 is 0 Å². The summed E-state index contributed by atoms with van der Waals surface area (Å²) >= 11 is 0. The first kappa shape index (κ1) is 12.9. The van der Waals surface area contributed by atoms with Crippen molar-refractivity contribution in [2.45, 2.75) is 18.9 Å². The lowest BCUT2D eigenvalue weighted by molar-refractivity contribution is 0.303. The molecule has 3 aromatic rings. The molecular formula is C17H16N4O. The van der Waals surface area contributed by atoms with Crippen LogP contribution in [-0.2, 0) is 0 Å². The van der Waals surface area contributed by atoms with E-state index in [-0.39, 0.29) is 0 Å². The summed E-state index contributed by atoms with van der Waals surface area (Å²) in [5.74, 6) is 1.45. The maximum absolute atomic E-state index is 5.79. The van der Waals surface area contributed by atoms with Gasteiger partial charge in [-0.25, -0.2) is 4.68 Å². The van der Waals surface area contributed by atoms with Gasteiger partial charge in [-0.2, -0.15) is 4.98 Å². The van der Waals surface area contributed by atoms with Crippen molar-refractivity contribution < 1.29 is 4.74 Å². The Labute approximate surface area is 128 Å². The van der Waals surface area contributed by atoms with Gasteiger partial charge in [0, 0.05) is 11.8 Å². The Kier molecular flexibility index (Phi) is 3.23. The molecule has 1 N–H and O–H groups in total. The number of para-hydroxylation sites is 1. The van der Waals surface area contributed by atoms with E-state index in [4.69, 9.17) is 4.74 Å². The summed E-state index contributed by atoms with van der Waals surface area (Å²) in [6, 6.07) is 17.8. The van der Waals surface area contributed by atoms with Gasteiger partial charge in [-0.05, 0) is 37.1 Å². The molecule has 1 aromatic heterocycles. The van der Waals surface area contributed by atoms with Crippen molar-refractivity contribution in [3.8, 4) is 11.4 Å². The van der Waals surface area contributed by atoms with Crippen LogP contribution in [0.3, 0.4) is 0 Å². The molecule has 0 spiro atoms. The van der Waals surface area contributed by atoms with Crippen LogP contribution in [0.1, 0.15) is 12.8 Å². The molecule has 1 aliphatic rings. The molecular weight excluding hydrogens is 276 g/mol. The fraction of sp³-hybridized carbons (Fsp3) is 0.176. The van der Waals surface area contributed by atoms with Crippen LogP contribution >= 0.6 is 0 Å². The van der Waals surface area contributed by atoms with Crippen molar-refractivity contribution >= 4 is 11.6 Å². The Morgan fingerprint density at radius 1 is 1.05 bits per heavy atom. The molecule has 5 heteroatoms. The van der Waals surface area contributed by atoms with Gasteiger partial charge in [-0.3, -0.25) is 0 Å². The van der Waals surface area contributed by atoms with Gasteiger partial charge in [0.15, 0.2) is 0 Å². The second-order valence-electron chi connectivity index (χ2n) is 5.32. The molecule has 0 unspecified atom stereocenters. The molecule has 0 aliphatic heterocycles. The normalized spacial score (nSPS) is 13.8. The quantitative estimate of drug-likeness (QED) is 0.781. The average molecular weight is 292 g/mol. The summed E-state index contributed by atoms with van der Waals surface area (Å²) in [4.78, 5) is 4.29. The van der Waals surface area contributed by atoms with Crippen LogP contribution in [0.5, 0.6) is 5.75 Å². The highest BCUT2D eigenvalue weighted by Crippen LogP contribution is 2.28. The van der Waals surface area contributed by atoms with Gasteiger partial charge in [-0.1, -0.05) is 24.3 Å². The molecule has 0 amide bonds. The molecule has 0 radical (unpaired) electrons. The van der Waals surface area contributed by atoms with Crippen LogP contribution in [0.15, 0.2) is 60.9 Å². The summed E-state index contributed by atoms with van der Waals surface area (Å²) in [6.07, 6.45) is 4.40. The monoisotopic (exact) mass is 292 g/mol. The minimum absolute atomic E-state index is 0.394. The number of rotatable bonds is 5. The number of aromatic nitrogens is 3. The minimum Gasteiger partial charge on any atom is -0.490 e. The smallest absolute Gasteiger partial charge is 0.246 e. The summed E-state index contributed by atoms with van der Waals surface area (Å²) in [7, 11) is 0. The first-order chi connectivity index (χ1) is 10.9. The zero-order chi connectivity index (χ0) is 14.8. The number of ether oxygens (including phenoxy) is 1.